The molecule has 0 aromatic heterocycles. The van der Waals surface area contributed by atoms with Gasteiger partial charge in [0.2, 0.25) is 23.6 Å². The summed E-state index contributed by atoms with van der Waals surface area (Å²) in [5.74, 6) is -2.43. The van der Waals surface area contributed by atoms with Crippen molar-refractivity contribution < 1.29 is 28.3 Å². The molecular formula is C32H38Cl2FN5O5. The maximum atomic E-state index is 14.8. The summed E-state index contributed by atoms with van der Waals surface area (Å²) in [7, 11) is 0. The Hall–Kier alpha value is -3.25. The van der Waals surface area contributed by atoms with Gasteiger partial charge in [0.1, 0.15) is 11.6 Å². The molecule has 4 amide bonds. The van der Waals surface area contributed by atoms with E-state index in [1.165, 1.54) is 17.0 Å². The van der Waals surface area contributed by atoms with Crippen molar-refractivity contribution in [3.63, 3.8) is 0 Å². The summed E-state index contributed by atoms with van der Waals surface area (Å²) in [5, 5.41) is 8.42. The highest BCUT2D eigenvalue weighted by Gasteiger charge is 2.45. The second kappa shape index (κ2) is 13.6. The molecule has 0 aliphatic carbocycles. The van der Waals surface area contributed by atoms with Crippen LogP contribution in [-0.2, 0) is 36.9 Å². The number of hydrogen-bond acceptors (Lipinski definition) is 6. The number of hydrogen-bond donors (Lipinski definition) is 3. The van der Waals surface area contributed by atoms with Gasteiger partial charge in [-0.3, -0.25) is 19.2 Å². The molecule has 3 aliphatic heterocycles. The monoisotopic (exact) mass is 661 g/mol. The summed E-state index contributed by atoms with van der Waals surface area (Å²) in [4.78, 5) is 57.9. The van der Waals surface area contributed by atoms with Crippen LogP contribution in [0.5, 0.6) is 0 Å². The van der Waals surface area contributed by atoms with E-state index in [9.17, 15) is 23.6 Å². The minimum absolute atomic E-state index is 0.00196. The minimum atomic E-state index is -1.37. The van der Waals surface area contributed by atoms with Gasteiger partial charge in [-0.05, 0) is 63.0 Å². The molecule has 0 unspecified atom stereocenters. The Labute approximate surface area is 271 Å². The molecule has 5 rings (SSSR count). The van der Waals surface area contributed by atoms with Crippen LogP contribution in [0.3, 0.4) is 0 Å². The lowest BCUT2D eigenvalue weighted by Crippen LogP contribution is -2.65. The molecule has 2 fully saturated rings. The maximum Gasteiger partial charge on any atom is 0.250 e. The number of anilines is 1. The van der Waals surface area contributed by atoms with Gasteiger partial charge in [-0.2, -0.15) is 0 Å². The molecule has 2 saturated heterocycles. The number of morpholine rings is 1. The molecule has 1 atom stereocenters. The van der Waals surface area contributed by atoms with Gasteiger partial charge in [-0.1, -0.05) is 47.5 Å². The largest absolute Gasteiger partial charge is 0.377 e. The van der Waals surface area contributed by atoms with Crippen LogP contribution in [-0.4, -0.2) is 83.4 Å². The van der Waals surface area contributed by atoms with Crippen molar-refractivity contribution in [2.45, 2.75) is 69.6 Å². The van der Waals surface area contributed by atoms with Crippen LogP contribution in [0.25, 0.3) is 0 Å². The molecule has 13 heteroatoms. The maximum absolute atomic E-state index is 14.8. The molecule has 0 radical (unpaired) electrons. The van der Waals surface area contributed by atoms with E-state index in [1.807, 2.05) is 38.1 Å². The Bertz CT molecular complexity index is 1480. The second-order valence-electron chi connectivity index (χ2n) is 12.4. The van der Waals surface area contributed by atoms with Crippen LogP contribution in [0.2, 0.25) is 10.0 Å². The number of nitrogens with one attached hydrogen (secondary N) is 3. The molecule has 3 heterocycles. The minimum Gasteiger partial charge on any atom is -0.377 e. The van der Waals surface area contributed by atoms with E-state index in [2.05, 4.69) is 16.0 Å². The first-order chi connectivity index (χ1) is 21.4. The molecule has 0 spiro atoms. The van der Waals surface area contributed by atoms with Crippen LogP contribution in [0.4, 0.5) is 10.1 Å². The van der Waals surface area contributed by atoms with E-state index in [0.717, 1.165) is 11.1 Å². The average Bonchev–Trinajstić information content (AvgIpc) is 3.03. The standard InChI is InChI=1S/C32H38Cl2FN5O5/c1-31(2)19-45-16-15-40(31)26(42)10-9-25(41)39-18-21-6-4-3-5-20(21)17-24(39)29(43)38-32(11-13-36-14-12-32)30(44)37-23-8-7-22(33)27(34)28(23)35/h3-8,24,36H,9-19H2,1-2H3,(H,37,44)(H,38,43)/t24-/m0/s1. The van der Waals surface area contributed by atoms with Crippen LogP contribution in [0.1, 0.15) is 50.7 Å². The van der Waals surface area contributed by atoms with E-state index >= 15 is 0 Å². The van der Waals surface area contributed by atoms with Crippen LogP contribution < -0.4 is 16.0 Å². The van der Waals surface area contributed by atoms with E-state index in [0.29, 0.717) is 32.8 Å². The molecule has 3 N–H and O–H groups in total. The van der Waals surface area contributed by atoms with Gasteiger partial charge in [-0.25, -0.2) is 4.39 Å². The summed E-state index contributed by atoms with van der Waals surface area (Å²) in [6, 6.07) is 9.37. The van der Waals surface area contributed by atoms with E-state index in [1.54, 1.807) is 4.90 Å². The highest BCUT2D eigenvalue weighted by molar-refractivity contribution is 6.42. The summed E-state index contributed by atoms with van der Waals surface area (Å²) in [6.45, 7) is 6.23. The molecule has 0 saturated carbocycles. The summed E-state index contributed by atoms with van der Waals surface area (Å²) < 4.78 is 20.4. The number of rotatable bonds is 7. The van der Waals surface area contributed by atoms with Crippen molar-refractivity contribution >= 4 is 52.5 Å². The number of benzene rings is 2. The number of nitrogens with zero attached hydrogens (tertiary/aromatic N) is 2. The van der Waals surface area contributed by atoms with Crippen molar-refractivity contribution in [2.75, 3.05) is 38.2 Å². The number of fused-ring (bicyclic) bond motifs is 1. The van der Waals surface area contributed by atoms with Crippen molar-refractivity contribution in [1.29, 1.82) is 0 Å². The Kier molecular flexibility index (Phi) is 10.0. The zero-order valence-corrected chi connectivity index (χ0v) is 26.9. The summed E-state index contributed by atoms with van der Waals surface area (Å²) in [5.41, 5.74) is -0.160. The van der Waals surface area contributed by atoms with Gasteiger partial charge in [0, 0.05) is 32.4 Å². The van der Waals surface area contributed by atoms with Crippen molar-refractivity contribution in [3.05, 3.63) is 63.4 Å². The first-order valence-corrected chi connectivity index (χ1v) is 15.9. The van der Waals surface area contributed by atoms with Crippen molar-refractivity contribution in [3.8, 4) is 0 Å². The first-order valence-electron chi connectivity index (χ1n) is 15.1. The third-order valence-corrected chi connectivity index (χ3v) is 9.69. The quantitative estimate of drug-likeness (QED) is 0.390. The lowest BCUT2D eigenvalue weighted by molar-refractivity contribution is -0.149. The third-order valence-electron chi connectivity index (χ3n) is 8.91. The molecule has 2 aromatic carbocycles. The van der Waals surface area contributed by atoms with Crippen molar-refractivity contribution in [1.82, 2.24) is 20.4 Å². The summed E-state index contributed by atoms with van der Waals surface area (Å²) in [6.07, 6.45) is 0.672. The van der Waals surface area contributed by atoms with Crippen molar-refractivity contribution in [2.24, 2.45) is 0 Å². The summed E-state index contributed by atoms with van der Waals surface area (Å²) >= 11 is 11.9. The lowest BCUT2D eigenvalue weighted by atomic mass is 9.85. The fraction of sp³-hybridized carbons (Fsp3) is 0.500. The van der Waals surface area contributed by atoms with Gasteiger partial charge in [-0.15, -0.1) is 0 Å². The second-order valence-corrected chi connectivity index (χ2v) is 13.2. The lowest BCUT2D eigenvalue weighted by Gasteiger charge is -2.42. The van der Waals surface area contributed by atoms with Crippen LogP contribution in [0.15, 0.2) is 36.4 Å². The predicted octanol–water partition coefficient (Wildman–Crippen LogP) is 3.68. The molecule has 45 heavy (non-hydrogen) atoms. The van der Waals surface area contributed by atoms with E-state index in [4.69, 9.17) is 27.9 Å². The predicted molar refractivity (Wildman–Crippen MR) is 168 cm³/mol. The molecule has 0 bridgehead atoms. The number of ether oxygens (including phenoxy) is 1. The average molecular weight is 663 g/mol. The molecular weight excluding hydrogens is 624 g/mol. The Morgan fingerprint density at radius 1 is 1.02 bits per heavy atom. The molecule has 10 nitrogen and oxygen atoms in total. The Morgan fingerprint density at radius 3 is 2.42 bits per heavy atom. The number of carbonyl (C=O) groups excluding carboxylic acids is 4. The number of piperidine rings is 1. The highest BCUT2D eigenvalue weighted by Crippen LogP contribution is 2.32. The smallest absolute Gasteiger partial charge is 0.250 e. The number of amides is 4. The Morgan fingerprint density at radius 2 is 1.71 bits per heavy atom. The molecule has 2 aromatic rings. The molecule has 3 aliphatic rings. The van der Waals surface area contributed by atoms with E-state index in [-0.39, 0.29) is 66.2 Å². The highest BCUT2D eigenvalue weighted by atomic mass is 35.5. The van der Waals surface area contributed by atoms with Gasteiger partial charge in [0.05, 0.1) is 34.5 Å². The van der Waals surface area contributed by atoms with Gasteiger partial charge >= 0.3 is 0 Å². The van der Waals surface area contributed by atoms with Crippen LogP contribution in [0, 0.1) is 5.82 Å². The normalized spacial score (nSPS) is 20.6. The Balaban J connectivity index is 1.35. The van der Waals surface area contributed by atoms with Gasteiger partial charge < -0.3 is 30.5 Å². The fourth-order valence-corrected chi connectivity index (χ4v) is 6.59. The fourth-order valence-electron chi connectivity index (χ4n) is 6.28. The zero-order chi connectivity index (χ0) is 32.4. The van der Waals surface area contributed by atoms with Gasteiger partial charge in [0.15, 0.2) is 5.82 Å². The number of carbonyl (C=O) groups is 4. The van der Waals surface area contributed by atoms with Crippen LogP contribution >= 0.6 is 23.2 Å². The zero-order valence-electron chi connectivity index (χ0n) is 25.4. The number of halogens is 3. The van der Waals surface area contributed by atoms with Gasteiger partial charge in [0.25, 0.3) is 0 Å². The molecule has 242 valence electrons. The SMILES string of the molecule is CC1(C)COCCN1C(=O)CCC(=O)N1Cc2ccccc2C[C@H]1C(=O)NC1(C(=O)Nc2ccc(Cl)c(Cl)c2F)CCNCC1. The van der Waals surface area contributed by atoms with E-state index < -0.39 is 34.8 Å². The topological polar surface area (TPSA) is 120 Å². The third kappa shape index (κ3) is 7.11. The first kappa shape index (κ1) is 33.1.